The highest BCUT2D eigenvalue weighted by molar-refractivity contribution is 7.09. The molecule has 0 saturated heterocycles. The van der Waals surface area contributed by atoms with E-state index in [2.05, 4.69) is 59.2 Å². The van der Waals surface area contributed by atoms with Crippen LogP contribution in [0.3, 0.4) is 0 Å². The molecule has 2 aromatic carbocycles. The van der Waals surface area contributed by atoms with E-state index in [9.17, 15) is 0 Å². The van der Waals surface area contributed by atoms with E-state index >= 15 is 0 Å². The molecule has 0 amide bonds. The van der Waals surface area contributed by atoms with Gasteiger partial charge in [0.2, 0.25) is 0 Å². The first-order valence-corrected chi connectivity index (χ1v) is 9.20. The van der Waals surface area contributed by atoms with Crippen molar-refractivity contribution in [2.75, 3.05) is 19.8 Å². The first kappa shape index (κ1) is 17.0. The maximum atomic E-state index is 5.97. The predicted molar refractivity (Wildman–Crippen MR) is 101 cm³/mol. The molecule has 3 aromatic rings. The van der Waals surface area contributed by atoms with E-state index in [1.807, 2.05) is 6.92 Å². The standard InChI is InChI=1S/C20H23NO2S/c1-2-22-11-12-23-20-10-9-16-6-3-4-8-18(16)19(20)15-21-14-17-7-5-13-24-17/h3-10,13,21H,2,11-12,14-15H2,1H3. The van der Waals surface area contributed by atoms with E-state index in [-0.39, 0.29) is 0 Å². The van der Waals surface area contributed by atoms with Crippen LogP contribution >= 0.6 is 11.3 Å². The molecular formula is C20H23NO2S. The quantitative estimate of drug-likeness (QED) is 0.577. The molecule has 0 atom stereocenters. The maximum absolute atomic E-state index is 5.97. The van der Waals surface area contributed by atoms with Gasteiger partial charge >= 0.3 is 0 Å². The Morgan fingerprint density at radius 1 is 0.958 bits per heavy atom. The minimum atomic E-state index is 0.574. The van der Waals surface area contributed by atoms with Gasteiger partial charge in [0, 0.05) is 30.1 Å². The van der Waals surface area contributed by atoms with Gasteiger partial charge in [-0.15, -0.1) is 11.3 Å². The summed E-state index contributed by atoms with van der Waals surface area (Å²) in [6.45, 7) is 5.56. The van der Waals surface area contributed by atoms with Gasteiger partial charge in [-0.2, -0.15) is 0 Å². The highest BCUT2D eigenvalue weighted by Crippen LogP contribution is 2.28. The third kappa shape index (κ3) is 4.35. The second-order valence-electron chi connectivity index (χ2n) is 5.49. The smallest absolute Gasteiger partial charge is 0.124 e. The van der Waals surface area contributed by atoms with Crippen molar-refractivity contribution in [2.24, 2.45) is 0 Å². The van der Waals surface area contributed by atoms with Gasteiger partial charge in [0.1, 0.15) is 12.4 Å². The highest BCUT2D eigenvalue weighted by atomic mass is 32.1. The lowest BCUT2D eigenvalue weighted by atomic mass is 10.0. The molecule has 126 valence electrons. The second kappa shape index (κ2) is 8.83. The summed E-state index contributed by atoms with van der Waals surface area (Å²) in [7, 11) is 0. The van der Waals surface area contributed by atoms with E-state index in [4.69, 9.17) is 9.47 Å². The highest BCUT2D eigenvalue weighted by Gasteiger charge is 2.09. The van der Waals surface area contributed by atoms with E-state index in [1.165, 1.54) is 21.2 Å². The molecule has 0 radical (unpaired) electrons. The van der Waals surface area contributed by atoms with Gasteiger partial charge < -0.3 is 14.8 Å². The van der Waals surface area contributed by atoms with Crippen molar-refractivity contribution < 1.29 is 9.47 Å². The number of ether oxygens (including phenoxy) is 2. The Kier molecular flexibility index (Phi) is 6.24. The summed E-state index contributed by atoms with van der Waals surface area (Å²) in [4.78, 5) is 1.34. The number of fused-ring (bicyclic) bond motifs is 1. The van der Waals surface area contributed by atoms with Crippen LogP contribution in [0.4, 0.5) is 0 Å². The second-order valence-corrected chi connectivity index (χ2v) is 6.52. The normalized spacial score (nSPS) is 11.0. The van der Waals surface area contributed by atoms with Crippen LogP contribution in [0, 0.1) is 0 Å². The Morgan fingerprint density at radius 2 is 1.88 bits per heavy atom. The first-order valence-electron chi connectivity index (χ1n) is 8.32. The minimum Gasteiger partial charge on any atom is -0.491 e. The van der Waals surface area contributed by atoms with Crippen molar-refractivity contribution in [3.05, 3.63) is 64.4 Å². The summed E-state index contributed by atoms with van der Waals surface area (Å²) in [5, 5.41) is 8.13. The van der Waals surface area contributed by atoms with Crippen LogP contribution < -0.4 is 10.1 Å². The van der Waals surface area contributed by atoms with Crippen LogP contribution in [0.1, 0.15) is 17.4 Å². The molecular weight excluding hydrogens is 318 g/mol. The van der Waals surface area contributed by atoms with Gasteiger partial charge in [-0.3, -0.25) is 0 Å². The van der Waals surface area contributed by atoms with Gasteiger partial charge in [0.25, 0.3) is 0 Å². The first-order chi connectivity index (χ1) is 11.9. The summed E-state index contributed by atoms with van der Waals surface area (Å²) >= 11 is 1.77. The molecule has 0 unspecified atom stereocenters. The number of hydrogen-bond donors (Lipinski definition) is 1. The van der Waals surface area contributed by atoms with Crippen molar-refractivity contribution >= 4 is 22.1 Å². The van der Waals surface area contributed by atoms with Crippen LogP contribution in [-0.4, -0.2) is 19.8 Å². The number of benzene rings is 2. The van der Waals surface area contributed by atoms with Gasteiger partial charge in [-0.25, -0.2) is 0 Å². The third-order valence-electron chi connectivity index (χ3n) is 3.87. The lowest BCUT2D eigenvalue weighted by Gasteiger charge is -2.15. The predicted octanol–water partition coefficient (Wildman–Crippen LogP) is 4.61. The largest absolute Gasteiger partial charge is 0.491 e. The number of nitrogens with one attached hydrogen (secondary N) is 1. The van der Waals surface area contributed by atoms with Gasteiger partial charge in [-0.05, 0) is 35.2 Å². The van der Waals surface area contributed by atoms with Gasteiger partial charge in [0.05, 0.1) is 6.61 Å². The summed E-state index contributed by atoms with van der Waals surface area (Å²) < 4.78 is 11.3. The summed E-state index contributed by atoms with van der Waals surface area (Å²) in [6.07, 6.45) is 0. The Balaban J connectivity index is 1.75. The molecule has 0 aliphatic heterocycles. The van der Waals surface area contributed by atoms with E-state index < -0.39 is 0 Å². The fourth-order valence-corrected chi connectivity index (χ4v) is 3.39. The van der Waals surface area contributed by atoms with Crippen LogP contribution in [-0.2, 0) is 17.8 Å². The van der Waals surface area contributed by atoms with Crippen molar-refractivity contribution in [1.82, 2.24) is 5.32 Å². The van der Waals surface area contributed by atoms with Crippen LogP contribution in [0.2, 0.25) is 0 Å². The average Bonchev–Trinajstić information content (AvgIpc) is 3.13. The molecule has 1 N–H and O–H groups in total. The molecule has 1 heterocycles. The third-order valence-corrected chi connectivity index (χ3v) is 4.74. The Labute approximate surface area is 147 Å². The van der Waals surface area contributed by atoms with Crippen LogP contribution in [0.25, 0.3) is 10.8 Å². The fraction of sp³-hybridized carbons (Fsp3) is 0.300. The van der Waals surface area contributed by atoms with Gasteiger partial charge in [0.15, 0.2) is 0 Å². The number of rotatable bonds is 9. The molecule has 0 fully saturated rings. The molecule has 24 heavy (non-hydrogen) atoms. The molecule has 4 heteroatoms. The van der Waals surface area contributed by atoms with Crippen molar-refractivity contribution in [3.63, 3.8) is 0 Å². The van der Waals surface area contributed by atoms with E-state index in [0.717, 1.165) is 25.4 Å². The molecule has 0 bridgehead atoms. The van der Waals surface area contributed by atoms with Crippen molar-refractivity contribution in [2.45, 2.75) is 20.0 Å². The number of hydrogen-bond acceptors (Lipinski definition) is 4. The molecule has 0 saturated carbocycles. The molecule has 1 aromatic heterocycles. The summed E-state index contributed by atoms with van der Waals surface area (Å²) in [6, 6.07) is 16.9. The maximum Gasteiger partial charge on any atom is 0.124 e. The zero-order valence-electron chi connectivity index (χ0n) is 14.0. The summed E-state index contributed by atoms with van der Waals surface area (Å²) in [5.41, 5.74) is 1.21. The van der Waals surface area contributed by atoms with E-state index in [0.29, 0.717) is 13.2 Å². The Hall–Kier alpha value is -1.88. The molecule has 0 spiro atoms. The zero-order chi connectivity index (χ0) is 16.6. The topological polar surface area (TPSA) is 30.5 Å². The Morgan fingerprint density at radius 3 is 2.71 bits per heavy atom. The molecule has 0 aliphatic carbocycles. The Bertz CT molecular complexity index is 755. The van der Waals surface area contributed by atoms with Crippen molar-refractivity contribution in [3.8, 4) is 5.75 Å². The molecule has 3 rings (SSSR count). The average molecular weight is 341 g/mol. The lowest BCUT2D eigenvalue weighted by Crippen LogP contribution is -2.14. The number of thiophene rings is 1. The summed E-state index contributed by atoms with van der Waals surface area (Å²) in [5.74, 6) is 0.937. The van der Waals surface area contributed by atoms with Crippen LogP contribution in [0.15, 0.2) is 53.9 Å². The zero-order valence-corrected chi connectivity index (χ0v) is 14.8. The minimum absolute atomic E-state index is 0.574. The fourth-order valence-electron chi connectivity index (χ4n) is 2.71. The van der Waals surface area contributed by atoms with Crippen LogP contribution in [0.5, 0.6) is 5.75 Å². The lowest BCUT2D eigenvalue weighted by molar-refractivity contribution is 0.110. The monoisotopic (exact) mass is 341 g/mol. The molecule has 3 nitrogen and oxygen atoms in total. The molecule has 0 aliphatic rings. The van der Waals surface area contributed by atoms with Crippen molar-refractivity contribution in [1.29, 1.82) is 0 Å². The SMILES string of the molecule is CCOCCOc1ccc2ccccc2c1CNCc1cccs1. The van der Waals surface area contributed by atoms with E-state index in [1.54, 1.807) is 11.3 Å². The van der Waals surface area contributed by atoms with Gasteiger partial charge in [-0.1, -0.05) is 36.4 Å².